The number of sulfone groups is 1. The van der Waals surface area contributed by atoms with Gasteiger partial charge in [-0.05, 0) is 65.4 Å². The van der Waals surface area contributed by atoms with Crippen molar-refractivity contribution in [2.45, 2.75) is 17.6 Å². The molecule has 176 valence electrons. The smallest absolute Gasteiger partial charge is 0.184 e. The molecule has 0 radical (unpaired) electrons. The van der Waals surface area contributed by atoms with Crippen LogP contribution >= 0.6 is 0 Å². The molecule has 0 saturated carbocycles. The van der Waals surface area contributed by atoms with Crippen LogP contribution in [-0.4, -0.2) is 23.4 Å². The van der Waals surface area contributed by atoms with Gasteiger partial charge in [0.15, 0.2) is 9.84 Å². The molecule has 5 aromatic rings. The van der Waals surface area contributed by atoms with E-state index in [1.54, 1.807) is 42.6 Å². The Bertz CT molecular complexity index is 1760. The molecule has 0 aliphatic rings. The molecule has 0 N–H and O–H groups in total. The van der Waals surface area contributed by atoms with Crippen molar-refractivity contribution in [3.63, 3.8) is 0 Å². The SMILES string of the molecule is Cc1cc(-c2ccc(F)c(C#N)c2)ccc1-c1nccc2cc(S(=O)(=O)Cc3ccncn3)ccc12. The van der Waals surface area contributed by atoms with Gasteiger partial charge in [0.25, 0.3) is 0 Å². The molecule has 3 aromatic carbocycles. The van der Waals surface area contributed by atoms with Crippen LogP contribution in [0, 0.1) is 24.1 Å². The van der Waals surface area contributed by atoms with Gasteiger partial charge in [0.2, 0.25) is 0 Å². The maximum Gasteiger partial charge on any atom is 0.184 e. The second-order valence-electron chi connectivity index (χ2n) is 8.34. The fourth-order valence-electron chi connectivity index (χ4n) is 4.15. The Labute approximate surface area is 207 Å². The predicted octanol–water partition coefficient (Wildman–Crippen LogP) is 5.65. The number of aryl methyl sites for hydroxylation is 1. The lowest BCUT2D eigenvalue weighted by Gasteiger charge is -2.12. The number of pyridine rings is 1. The fourth-order valence-corrected chi connectivity index (χ4v) is 5.45. The third-order valence-electron chi connectivity index (χ3n) is 5.98. The summed E-state index contributed by atoms with van der Waals surface area (Å²) in [6.45, 7) is 1.95. The molecule has 0 aliphatic heterocycles. The topological polar surface area (TPSA) is 96.6 Å². The molecule has 6 nitrogen and oxygen atoms in total. The van der Waals surface area contributed by atoms with Crippen LogP contribution in [-0.2, 0) is 15.6 Å². The highest BCUT2D eigenvalue weighted by molar-refractivity contribution is 7.90. The highest BCUT2D eigenvalue weighted by Gasteiger charge is 2.18. The van der Waals surface area contributed by atoms with Gasteiger partial charge in [-0.15, -0.1) is 0 Å². The second-order valence-corrected chi connectivity index (χ2v) is 10.3. The highest BCUT2D eigenvalue weighted by Crippen LogP contribution is 2.33. The number of hydrogen-bond donors (Lipinski definition) is 0. The van der Waals surface area contributed by atoms with E-state index in [9.17, 15) is 12.8 Å². The molecule has 0 saturated heterocycles. The monoisotopic (exact) mass is 494 g/mol. The van der Waals surface area contributed by atoms with E-state index in [1.807, 2.05) is 31.2 Å². The molecule has 0 atom stereocenters. The maximum atomic E-state index is 13.7. The summed E-state index contributed by atoms with van der Waals surface area (Å²) in [6, 6.07) is 20.5. The number of fused-ring (bicyclic) bond motifs is 1. The summed E-state index contributed by atoms with van der Waals surface area (Å²) >= 11 is 0. The third kappa shape index (κ3) is 4.44. The average Bonchev–Trinajstić information content (AvgIpc) is 2.88. The molecule has 5 rings (SSSR count). The van der Waals surface area contributed by atoms with Crippen molar-refractivity contribution < 1.29 is 12.8 Å². The van der Waals surface area contributed by atoms with E-state index in [-0.39, 0.29) is 16.2 Å². The lowest BCUT2D eigenvalue weighted by atomic mass is 9.95. The number of benzene rings is 3. The Morgan fingerprint density at radius 3 is 2.47 bits per heavy atom. The van der Waals surface area contributed by atoms with Gasteiger partial charge in [-0.25, -0.2) is 22.8 Å². The van der Waals surface area contributed by atoms with E-state index in [0.717, 1.165) is 38.7 Å². The Kier molecular flexibility index (Phi) is 6.00. The number of halogens is 1. The number of aromatic nitrogens is 3. The lowest BCUT2D eigenvalue weighted by molar-refractivity contribution is 0.594. The summed E-state index contributed by atoms with van der Waals surface area (Å²) in [5.41, 5.74) is 4.58. The molecule has 36 heavy (non-hydrogen) atoms. The molecule has 0 bridgehead atoms. The van der Waals surface area contributed by atoms with E-state index >= 15 is 0 Å². The standard InChI is InChI=1S/C28H19FN4O2S/c1-18-12-19(20-3-7-27(29)22(13-20)15-30)2-5-25(18)28-26-6-4-24(14-21(26)8-11-32-28)36(34,35)16-23-9-10-31-17-33-23/h2-14,17H,16H2,1H3. The molecule has 2 heterocycles. The summed E-state index contributed by atoms with van der Waals surface area (Å²) in [6.07, 6.45) is 4.50. The van der Waals surface area contributed by atoms with Gasteiger partial charge in [-0.2, -0.15) is 5.26 Å². The summed E-state index contributed by atoms with van der Waals surface area (Å²) in [4.78, 5) is 12.6. The predicted molar refractivity (Wildman–Crippen MR) is 135 cm³/mol. The largest absolute Gasteiger partial charge is 0.256 e. The molecular weight excluding hydrogens is 475 g/mol. The van der Waals surface area contributed by atoms with Crippen molar-refractivity contribution in [3.8, 4) is 28.5 Å². The Morgan fingerprint density at radius 2 is 1.72 bits per heavy atom. The molecule has 0 aliphatic carbocycles. The molecule has 8 heteroatoms. The van der Waals surface area contributed by atoms with Crippen molar-refractivity contribution in [2.24, 2.45) is 0 Å². The lowest BCUT2D eigenvalue weighted by Crippen LogP contribution is -2.06. The van der Waals surface area contributed by atoms with Gasteiger partial charge in [-0.1, -0.05) is 30.3 Å². The first-order valence-corrected chi connectivity index (χ1v) is 12.7. The number of hydrogen-bond acceptors (Lipinski definition) is 6. The highest BCUT2D eigenvalue weighted by atomic mass is 32.2. The minimum atomic E-state index is -3.60. The van der Waals surface area contributed by atoms with Crippen LogP contribution in [0.25, 0.3) is 33.2 Å². The Hall–Kier alpha value is -4.48. The molecule has 0 spiro atoms. The van der Waals surface area contributed by atoms with Crippen LogP contribution in [0.15, 0.2) is 90.3 Å². The summed E-state index contributed by atoms with van der Waals surface area (Å²) in [5.74, 6) is -0.760. The zero-order valence-electron chi connectivity index (χ0n) is 19.2. The van der Waals surface area contributed by atoms with Crippen LogP contribution in [0.3, 0.4) is 0 Å². The van der Waals surface area contributed by atoms with Gasteiger partial charge in [0.05, 0.1) is 27.6 Å². The van der Waals surface area contributed by atoms with Crippen LogP contribution in [0.1, 0.15) is 16.8 Å². The van der Waals surface area contributed by atoms with Gasteiger partial charge < -0.3 is 0 Å². The summed E-state index contributed by atoms with van der Waals surface area (Å²) in [5, 5.41) is 10.7. The fraction of sp³-hybridized carbons (Fsp3) is 0.0714. The van der Waals surface area contributed by atoms with Crippen molar-refractivity contribution >= 4 is 20.6 Å². The molecule has 0 fully saturated rings. The third-order valence-corrected chi connectivity index (χ3v) is 7.63. The van der Waals surface area contributed by atoms with E-state index in [0.29, 0.717) is 5.69 Å². The minimum absolute atomic E-state index is 0.00424. The van der Waals surface area contributed by atoms with Gasteiger partial charge in [0.1, 0.15) is 18.2 Å². The van der Waals surface area contributed by atoms with E-state index < -0.39 is 15.7 Å². The van der Waals surface area contributed by atoms with E-state index in [2.05, 4.69) is 15.0 Å². The first kappa shape index (κ1) is 23.3. The van der Waals surface area contributed by atoms with Gasteiger partial charge >= 0.3 is 0 Å². The van der Waals surface area contributed by atoms with Crippen LogP contribution in [0.5, 0.6) is 0 Å². The zero-order chi connectivity index (χ0) is 25.3. The molecule has 0 amide bonds. The Morgan fingerprint density at radius 1 is 0.917 bits per heavy atom. The van der Waals surface area contributed by atoms with Gasteiger partial charge in [-0.3, -0.25) is 4.98 Å². The van der Waals surface area contributed by atoms with Crippen molar-refractivity contribution in [1.29, 1.82) is 5.26 Å². The van der Waals surface area contributed by atoms with Crippen LogP contribution < -0.4 is 0 Å². The number of nitriles is 1. The van der Waals surface area contributed by atoms with Crippen LogP contribution in [0.2, 0.25) is 0 Å². The number of rotatable bonds is 5. The van der Waals surface area contributed by atoms with Crippen molar-refractivity contribution in [2.75, 3.05) is 0 Å². The molecule has 2 aromatic heterocycles. The van der Waals surface area contributed by atoms with Gasteiger partial charge in [0, 0.05) is 23.3 Å². The first-order valence-electron chi connectivity index (χ1n) is 11.0. The number of nitrogens with zero attached hydrogens (tertiary/aromatic N) is 4. The van der Waals surface area contributed by atoms with E-state index in [4.69, 9.17) is 5.26 Å². The van der Waals surface area contributed by atoms with E-state index in [1.165, 1.54) is 24.7 Å². The van der Waals surface area contributed by atoms with Crippen molar-refractivity contribution in [3.05, 3.63) is 108 Å². The Balaban J connectivity index is 1.52. The summed E-state index contributed by atoms with van der Waals surface area (Å²) in [7, 11) is -3.60. The zero-order valence-corrected chi connectivity index (χ0v) is 20.0. The quantitative estimate of drug-likeness (QED) is 0.313. The van der Waals surface area contributed by atoms with Crippen molar-refractivity contribution in [1.82, 2.24) is 15.0 Å². The first-order chi connectivity index (χ1) is 17.4. The molecule has 0 unspecified atom stereocenters. The maximum absolute atomic E-state index is 13.7. The van der Waals surface area contributed by atoms with Crippen LogP contribution in [0.4, 0.5) is 4.39 Å². The average molecular weight is 495 g/mol. The summed E-state index contributed by atoms with van der Waals surface area (Å²) < 4.78 is 39.7. The minimum Gasteiger partial charge on any atom is -0.256 e. The molecular formula is C28H19FN4O2S. The second kappa shape index (κ2) is 9.29. The normalized spacial score (nSPS) is 11.4.